The molecule has 3 unspecified atom stereocenters. The third kappa shape index (κ3) is 3.37. The standard InChI is InChI=1S/C15H22ClIN2/c1-4-18-14-7-8-19(11(3)10(14)2)15-6-5-12(17)9-13(15)16/h5-6,9-11,14,18H,4,7-8H2,1-3H3. The summed E-state index contributed by atoms with van der Waals surface area (Å²) in [5, 5.41) is 4.47. The van der Waals surface area contributed by atoms with E-state index in [0.717, 1.165) is 18.1 Å². The van der Waals surface area contributed by atoms with Crippen molar-refractivity contribution in [3.63, 3.8) is 0 Å². The average Bonchev–Trinajstić information content (AvgIpc) is 2.37. The second kappa shape index (κ2) is 6.64. The van der Waals surface area contributed by atoms with E-state index < -0.39 is 0 Å². The summed E-state index contributed by atoms with van der Waals surface area (Å²) in [4.78, 5) is 2.46. The van der Waals surface area contributed by atoms with E-state index in [1.807, 2.05) is 6.07 Å². The highest BCUT2D eigenvalue weighted by molar-refractivity contribution is 14.1. The molecule has 1 aromatic carbocycles. The maximum absolute atomic E-state index is 6.41. The van der Waals surface area contributed by atoms with Crippen molar-refractivity contribution in [2.24, 2.45) is 5.92 Å². The third-order valence-electron chi connectivity index (χ3n) is 4.25. The Balaban J connectivity index is 2.18. The Morgan fingerprint density at radius 2 is 2.16 bits per heavy atom. The van der Waals surface area contributed by atoms with Gasteiger partial charge in [0.05, 0.1) is 10.7 Å². The van der Waals surface area contributed by atoms with E-state index in [0.29, 0.717) is 18.0 Å². The van der Waals surface area contributed by atoms with Gasteiger partial charge < -0.3 is 10.2 Å². The zero-order valence-electron chi connectivity index (χ0n) is 11.8. The molecule has 2 nitrogen and oxygen atoms in total. The molecule has 1 fully saturated rings. The minimum atomic E-state index is 0.510. The lowest BCUT2D eigenvalue weighted by atomic mass is 9.86. The Hall–Kier alpha value is -0.0000000000000000555. The van der Waals surface area contributed by atoms with E-state index in [-0.39, 0.29) is 0 Å². The van der Waals surface area contributed by atoms with Crippen LogP contribution in [0.1, 0.15) is 27.2 Å². The molecule has 1 heterocycles. The molecule has 1 aromatic rings. The minimum Gasteiger partial charge on any atom is -0.367 e. The molecule has 2 rings (SSSR count). The van der Waals surface area contributed by atoms with E-state index in [1.54, 1.807) is 0 Å². The molecule has 0 radical (unpaired) electrons. The quantitative estimate of drug-likeness (QED) is 0.777. The zero-order valence-corrected chi connectivity index (χ0v) is 14.7. The molecule has 0 saturated carbocycles. The van der Waals surface area contributed by atoms with Gasteiger partial charge in [0.1, 0.15) is 0 Å². The number of halogens is 2. The van der Waals surface area contributed by atoms with Crippen LogP contribution in [0.15, 0.2) is 18.2 Å². The molecule has 1 aliphatic rings. The fraction of sp³-hybridized carbons (Fsp3) is 0.600. The fourth-order valence-corrected chi connectivity index (χ4v) is 3.93. The lowest BCUT2D eigenvalue weighted by molar-refractivity contribution is 0.274. The Morgan fingerprint density at radius 3 is 2.79 bits per heavy atom. The first-order valence-electron chi connectivity index (χ1n) is 6.99. The summed E-state index contributed by atoms with van der Waals surface area (Å²) in [5.74, 6) is 0.629. The molecule has 1 aliphatic heterocycles. The summed E-state index contributed by atoms with van der Waals surface area (Å²) < 4.78 is 1.19. The van der Waals surface area contributed by atoms with Crippen molar-refractivity contribution in [3.8, 4) is 0 Å². The summed E-state index contributed by atoms with van der Waals surface area (Å²) in [7, 11) is 0. The van der Waals surface area contributed by atoms with Crippen molar-refractivity contribution >= 4 is 39.9 Å². The monoisotopic (exact) mass is 392 g/mol. The van der Waals surface area contributed by atoms with Crippen LogP contribution >= 0.6 is 34.2 Å². The van der Waals surface area contributed by atoms with E-state index in [9.17, 15) is 0 Å². The van der Waals surface area contributed by atoms with Crippen molar-refractivity contribution in [3.05, 3.63) is 26.8 Å². The van der Waals surface area contributed by atoms with Crippen molar-refractivity contribution in [1.82, 2.24) is 5.32 Å². The normalized spacial score (nSPS) is 27.6. The van der Waals surface area contributed by atoms with Gasteiger partial charge in [-0.2, -0.15) is 0 Å². The highest BCUT2D eigenvalue weighted by atomic mass is 127. The lowest BCUT2D eigenvalue weighted by Crippen LogP contribution is -2.53. The largest absolute Gasteiger partial charge is 0.367 e. The maximum Gasteiger partial charge on any atom is 0.0650 e. The number of piperidine rings is 1. The Kier molecular flexibility index (Phi) is 5.37. The zero-order chi connectivity index (χ0) is 14.0. The van der Waals surface area contributed by atoms with E-state index >= 15 is 0 Å². The van der Waals surface area contributed by atoms with Gasteiger partial charge in [0.15, 0.2) is 0 Å². The Labute approximate surface area is 135 Å². The fourth-order valence-electron chi connectivity index (χ4n) is 2.97. The molecule has 19 heavy (non-hydrogen) atoms. The molecule has 0 aliphatic carbocycles. The first-order chi connectivity index (χ1) is 9.04. The molecule has 0 bridgehead atoms. The summed E-state index contributed by atoms with van der Waals surface area (Å²) in [6, 6.07) is 7.47. The van der Waals surface area contributed by atoms with Gasteiger partial charge in [0.25, 0.3) is 0 Å². The number of nitrogens with one attached hydrogen (secondary N) is 1. The van der Waals surface area contributed by atoms with E-state index in [4.69, 9.17) is 11.6 Å². The van der Waals surface area contributed by atoms with Crippen molar-refractivity contribution < 1.29 is 0 Å². The summed E-state index contributed by atoms with van der Waals surface area (Å²) in [6.45, 7) is 8.95. The number of hydrogen-bond acceptors (Lipinski definition) is 2. The van der Waals surface area contributed by atoms with Gasteiger partial charge >= 0.3 is 0 Å². The van der Waals surface area contributed by atoms with Gasteiger partial charge in [-0.3, -0.25) is 0 Å². The molecule has 4 heteroatoms. The average molecular weight is 393 g/mol. The van der Waals surface area contributed by atoms with Gasteiger partial charge in [-0.1, -0.05) is 25.4 Å². The number of hydrogen-bond donors (Lipinski definition) is 1. The third-order valence-corrected chi connectivity index (χ3v) is 5.23. The van der Waals surface area contributed by atoms with E-state index in [1.165, 1.54) is 15.7 Å². The van der Waals surface area contributed by atoms with E-state index in [2.05, 4.69) is 65.7 Å². The Bertz CT molecular complexity index is 438. The molecule has 1 saturated heterocycles. The van der Waals surface area contributed by atoms with Gasteiger partial charge in [0.2, 0.25) is 0 Å². The topological polar surface area (TPSA) is 15.3 Å². The summed E-state index contributed by atoms with van der Waals surface area (Å²) in [5.41, 5.74) is 1.18. The Morgan fingerprint density at radius 1 is 1.42 bits per heavy atom. The van der Waals surface area contributed by atoms with Crippen LogP contribution in [0.3, 0.4) is 0 Å². The molecule has 0 aromatic heterocycles. The summed E-state index contributed by atoms with van der Waals surface area (Å²) in [6.07, 6.45) is 1.18. The van der Waals surface area contributed by atoms with Crippen molar-refractivity contribution in [2.45, 2.75) is 39.3 Å². The van der Waals surface area contributed by atoms with Gasteiger partial charge in [-0.05, 0) is 66.6 Å². The van der Waals surface area contributed by atoms with Crippen LogP contribution in [0, 0.1) is 9.49 Å². The number of rotatable bonds is 3. The van der Waals surface area contributed by atoms with Crippen LogP contribution in [0.2, 0.25) is 5.02 Å². The highest BCUT2D eigenvalue weighted by Crippen LogP contribution is 2.34. The number of benzene rings is 1. The minimum absolute atomic E-state index is 0.510. The van der Waals surface area contributed by atoms with Gasteiger partial charge in [-0.15, -0.1) is 0 Å². The first-order valence-corrected chi connectivity index (χ1v) is 8.45. The molecule has 106 valence electrons. The van der Waals surface area contributed by atoms with Crippen molar-refractivity contribution in [2.75, 3.05) is 18.0 Å². The summed E-state index contributed by atoms with van der Waals surface area (Å²) >= 11 is 8.71. The SMILES string of the molecule is CCNC1CCN(c2ccc(I)cc2Cl)C(C)C1C. The van der Waals surface area contributed by atoms with Gasteiger partial charge in [-0.25, -0.2) is 0 Å². The predicted octanol–water partition coefficient (Wildman–Crippen LogP) is 4.16. The molecule has 3 atom stereocenters. The molecular formula is C15H22ClIN2. The lowest BCUT2D eigenvalue weighted by Gasteiger charge is -2.44. The number of anilines is 1. The van der Waals surface area contributed by atoms with Crippen LogP contribution < -0.4 is 10.2 Å². The number of nitrogens with zero attached hydrogens (tertiary/aromatic N) is 1. The smallest absolute Gasteiger partial charge is 0.0650 e. The van der Waals surface area contributed by atoms with Crippen LogP contribution in [-0.2, 0) is 0 Å². The molecule has 0 spiro atoms. The first kappa shape index (κ1) is 15.4. The maximum atomic E-state index is 6.41. The molecule has 0 amide bonds. The van der Waals surface area contributed by atoms with Crippen molar-refractivity contribution in [1.29, 1.82) is 0 Å². The molecular weight excluding hydrogens is 371 g/mol. The van der Waals surface area contributed by atoms with Crippen LogP contribution in [0.25, 0.3) is 0 Å². The van der Waals surface area contributed by atoms with Crippen LogP contribution in [0.5, 0.6) is 0 Å². The highest BCUT2D eigenvalue weighted by Gasteiger charge is 2.32. The van der Waals surface area contributed by atoms with Gasteiger partial charge in [0, 0.05) is 22.2 Å². The van der Waals surface area contributed by atoms with Crippen LogP contribution in [0.4, 0.5) is 5.69 Å². The predicted molar refractivity (Wildman–Crippen MR) is 92.2 cm³/mol. The second-order valence-electron chi connectivity index (χ2n) is 5.34. The van der Waals surface area contributed by atoms with Crippen LogP contribution in [-0.4, -0.2) is 25.2 Å². The second-order valence-corrected chi connectivity index (χ2v) is 6.99. The molecule has 1 N–H and O–H groups in total.